The summed E-state index contributed by atoms with van der Waals surface area (Å²) < 4.78 is 7.89. The fourth-order valence-electron chi connectivity index (χ4n) is 4.49. The van der Waals surface area contributed by atoms with E-state index in [1.54, 1.807) is 12.1 Å². The summed E-state index contributed by atoms with van der Waals surface area (Å²) in [6.45, 7) is 5.56. The third kappa shape index (κ3) is 6.16. The van der Waals surface area contributed by atoms with E-state index in [2.05, 4.69) is 25.7 Å². The lowest BCUT2D eigenvalue weighted by Crippen LogP contribution is -2.45. The summed E-state index contributed by atoms with van der Waals surface area (Å²) in [5.74, 6) is 0.799. The van der Waals surface area contributed by atoms with Gasteiger partial charge >= 0.3 is 0 Å². The molecule has 3 aromatic rings. The Balaban J connectivity index is 0.00000180. The van der Waals surface area contributed by atoms with Crippen LogP contribution in [0.5, 0.6) is 5.75 Å². The Labute approximate surface area is 227 Å². The van der Waals surface area contributed by atoms with E-state index in [0.717, 1.165) is 71.6 Å². The molecule has 0 unspecified atom stereocenters. The highest BCUT2D eigenvalue weighted by Gasteiger charge is 2.25. The zero-order valence-electron chi connectivity index (χ0n) is 20.0. The van der Waals surface area contributed by atoms with Crippen LogP contribution in [-0.2, 0) is 4.79 Å². The second kappa shape index (κ2) is 12.5. The quantitative estimate of drug-likeness (QED) is 0.427. The molecule has 5 rings (SSSR count). The number of imidazole rings is 1. The van der Waals surface area contributed by atoms with Gasteiger partial charge in [-0.05, 0) is 68.7 Å². The number of amides is 1. The number of hydrogen-bond donors (Lipinski definition) is 1. The first-order valence-corrected chi connectivity index (χ1v) is 12.5. The topological polar surface area (TPSA) is 82.7 Å². The first kappa shape index (κ1) is 27.9. The van der Waals surface area contributed by atoms with Crippen LogP contribution in [-0.4, -0.2) is 52.5 Å². The number of aryl methyl sites for hydroxylation is 1. The molecule has 1 amide bonds. The number of nitriles is 1. The molecule has 1 aromatic carbocycles. The molecular weight excluding hydrogens is 517 g/mol. The van der Waals surface area contributed by atoms with Gasteiger partial charge in [0.25, 0.3) is 5.91 Å². The van der Waals surface area contributed by atoms with Crippen molar-refractivity contribution in [3.05, 3.63) is 64.3 Å². The van der Waals surface area contributed by atoms with Crippen molar-refractivity contribution in [3.8, 4) is 11.8 Å². The highest BCUT2D eigenvalue weighted by Crippen LogP contribution is 2.35. The van der Waals surface area contributed by atoms with Crippen LogP contribution < -0.4 is 10.1 Å². The third-order valence-corrected chi connectivity index (χ3v) is 7.38. The Kier molecular flexibility index (Phi) is 9.69. The zero-order valence-corrected chi connectivity index (χ0v) is 22.4. The van der Waals surface area contributed by atoms with Gasteiger partial charge in [0.15, 0.2) is 0 Å². The Bertz CT molecular complexity index is 1280. The van der Waals surface area contributed by atoms with Gasteiger partial charge in [-0.3, -0.25) is 9.20 Å². The minimum atomic E-state index is 0. The van der Waals surface area contributed by atoms with Crippen LogP contribution in [0.25, 0.3) is 11.7 Å². The van der Waals surface area contributed by atoms with Crippen molar-refractivity contribution in [2.24, 2.45) is 0 Å². The molecule has 2 aromatic heterocycles. The minimum Gasteiger partial charge on any atom is -0.494 e. The lowest BCUT2D eigenvalue weighted by atomic mass is 10.0. The van der Waals surface area contributed by atoms with E-state index in [1.165, 1.54) is 11.8 Å². The number of ether oxygens (including phenoxy) is 1. The summed E-state index contributed by atoms with van der Waals surface area (Å²) in [6, 6.07) is 15.5. The summed E-state index contributed by atoms with van der Waals surface area (Å²) in [6.07, 6.45) is 4.81. The number of aromatic nitrogens is 2. The van der Waals surface area contributed by atoms with Gasteiger partial charge in [-0.25, -0.2) is 4.98 Å². The summed E-state index contributed by atoms with van der Waals surface area (Å²) in [5.41, 5.74) is 3.49. The smallest absolute Gasteiger partial charge is 0.258 e. The zero-order chi connectivity index (χ0) is 23.5. The van der Waals surface area contributed by atoms with Crippen molar-refractivity contribution in [2.45, 2.75) is 37.3 Å². The summed E-state index contributed by atoms with van der Waals surface area (Å²) in [4.78, 5) is 20.8. The lowest BCUT2D eigenvalue weighted by molar-refractivity contribution is -0.117. The third-order valence-electron chi connectivity index (χ3n) is 6.33. The van der Waals surface area contributed by atoms with Crippen LogP contribution in [0, 0.1) is 18.3 Å². The van der Waals surface area contributed by atoms with Crippen LogP contribution in [0.3, 0.4) is 0 Å². The van der Waals surface area contributed by atoms with Gasteiger partial charge < -0.3 is 15.0 Å². The van der Waals surface area contributed by atoms with E-state index in [9.17, 15) is 4.79 Å². The molecule has 1 fully saturated rings. The number of rotatable bonds is 7. The minimum absolute atomic E-state index is 0. The first-order chi connectivity index (χ1) is 16.6. The molecule has 1 saturated heterocycles. The maximum atomic E-state index is 13.0. The fourth-order valence-corrected chi connectivity index (χ4v) is 5.46. The van der Waals surface area contributed by atoms with Crippen molar-refractivity contribution in [2.75, 3.05) is 26.2 Å². The number of benzene rings is 1. The number of hydrogen-bond acceptors (Lipinski definition) is 6. The number of thioether (sulfide) groups is 1. The Morgan fingerprint density at radius 1 is 1.19 bits per heavy atom. The molecule has 10 heteroatoms. The van der Waals surface area contributed by atoms with E-state index in [0.29, 0.717) is 12.2 Å². The van der Waals surface area contributed by atoms with Crippen LogP contribution in [0.4, 0.5) is 0 Å². The number of nitrogens with one attached hydrogen (secondary N) is 1. The second-order valence-corrected chi connectivity index (χ2v) is 9.74. The summed E-state index contributed by atoms with van der Waals surface area (Å²) >= 11 is 1.51. The molecule has 36 heavy (non-hydrogen) atoms. The number of carbonyl (C=O) groups is 1. The number of pyridine rings is 1. The number of piperidine rings is 1. The van der Waals surface area contributed by atoms with Gasteiger partial charge in [-0.2, -0.15) is 5.26 Å². The molecule has 0 spiro atoms. The van der Waals surface area contributed by atoms with E-state index in [1.807, 2.05) is 43.3 Å². The Hall–Kier alpha value is -2.70. The van der Waals surface area contributed by atoms with E-state index >= 15 is 0 Å². The molecule has 7 nitrogen and oxygen atoms in total. The fraction of sp³-hybridized carbons (Fsp3) is 0.346. The van der Waals surface area contributed by atoms with E-state index in [4.69, 9.17) is 10.00 Å². The van der Waals surface area contributed by atoms with E-state index in [-0.39, 0.29) is 36.8 Å². The maximum Gasteiger partial charge on any atom is 0.258 e. The average molecular weight is 547 g/mol. The van der Waals surface area contributed by atoms with Crippen molar-refractivity contribution in [1.82, 2.24) is 19.6 Å². The predicted octanol–water partition coefficient (Wildman–Crippen LogP) is 4.85. The van der Waals surface area contributed by atoms with Gasteiger partial charge in [0, 0.05) is 25.7 Å². The number of halogens is 2. The van der Waals surface area contributed by atoms with Crippen LogP contribution >= 0.6 is 36.6 Å². The Morgan fingerprint density at radius 3 is 2.67 bits per heavy atom. The van der Waals surface area contributed by atoms with Gasteiger partial charge in [0.1, 0.15) is 11.4 Å². The Morgan fingerprint density at radius 2 is 1.94 bits per heavy atom. The van der Waals surface area contributed by atoms with Crippen molar-refractivity contribution >= 4 is 54.2 Å². The molecule has 0 atom stereocenters. The predicted molar refractivity (Wildman–Crippen MR) is 147 cm³/mol. The van der Waals surface area contributed by atoms with E-state index < -0.39 is 0 Å². The number of carbonyl (C=O) groups excluding carboxylic acids is 1. The monoisotopic (exact) mass is 545 g/mol. The molecule has 0 aliphatic carbocycles. The molecule has 4 heterocycles. The van der Waals surface area contributed by atoms with Crippen LogP contribution in [0.2, 0.25) is 0 Å². The second-order valence-electron chi connectivity index (χ2n) is 8.68. The van der Waals surface area contributed by atoms with Gasteiger partial charge in [-0.1, -0.05) is 17.8 Å². The molecule has 0 saturated carbocycles. The average Bonchev–Trinajstić information content (AvgIpc) is 3.19. The molecule has 0 radical (unpaired) electrons. The molecule has 0 bridgehead atoms. The summed E-state index contributed by atoms with van der Waals surface area (Å²) in [7, 11) is 0. The number of nitrogens with zero attached hydrogens (tertiary/aromatic N) is 4. The van der Waals surface area contributed by atoms with Crippen molar-refractivity contribution in [3.63, 3.8) is 0 Å². The molecular formula is C26H29Cl2N5O2S. The van der Waals surface area contributed by atoms with Crippen LogP contribution in [0.1, 0.15) is 36.2 Å². The lowest BCUT2D eigenvalue weighted by Gasteiger charge is -2.32. The normalized spacial score (nSPS) is 15.3. The molecule has 1 N–H and O–H groups in total. The van der Waals surface area contributed by atoms with Gasteiger partial charge in [0.05, 0.1) is 39.6 Å². The number of likely N-dealkylation sites (tertiary alicyclic amines) is 1. The highest BCUT2D eigenvalue weighted by atomic mass is 35.5. The van der Waals surface area contributed by atoms with Gasteiger partial charge in [0.2, 0.25) is 0 Å². The largest absolute Gasteiger partial charge is 0.494 e. The standard InChI is InChI=1S/C26H27N5O2S.2ClH/c1-18-22-16-23(34-25-5-2-4-24(28-18)31(22)25)26(32)29-20-10-13-30(14-11-20)12-3-15-33-21-8-6-19(17-27)7-9-21;;/h2,4-9,16,20H,3,10-15H2,1H3,(H,29,32);2*1H. The molecule has 190 valence electrons. The highest BCUT2D eigenvalue weighted by molar-refractivity contribution is 8.04. The van der Waals surface area contributed by atoms with Crippen LogP contribution in [0.15, 0.2) is 52.4 Å². The SMILES string of the molecule is Cc1nc2cccc3n2c1C=C(C(=O)NC1CCN(CCCOc2ccc(C#N)cc2)CC1)S3.Cl.Cl. The maximum absolute atomic E-state index is 13.0. The summed E-state index contributed by atoms with van der Waals surface area (Å²) in [5, 5.41) is 13.1. The van der Waals surface area contributed by atoms with Crippen molar-refractivity contribution in [1.29, 1.82) is 5.26 Å². The van der Waals surface area contributed by atoms with Gasteiger partial charge in [-0.15, -0.1) is 24.8 Å². The molecule has 2 aliphatic rings. The van der Waals surface area contributed by atoms with Crippen molar-refractivity contribution < 1.29 is 9.53 Å². The molecule has 2 aliphatic heterocycles. The first-order valence-electron chi connectivity index (χ1n) is 11.6.